The molecular formula is C24H29N5OS2. The van der Waals surface area contributed by atoms with Gasteiger partial charge in [-0.1, -0.05) is 29.8 Å². The predicted octanol–water partition coefficient (Wildman–Crippen LogP) is 5.20. The summed E-state index contributed by atoms with van der Waals surface area (Å²) < 4.78 is 4.56. The molecular weight excluding hydrogens is 438 g/mol. The van der Waals surface area contributed by atoms with Crippen molar-refractivity contribution < 1.29 is 4.79 Å². The summed E-state index contributed by atoms with van der Waals surface area (Å²) in [6.45, 7) is 4.68. The van der Waals surface area contributed by atoms with Crippen LogP contribution in [-0.2, 0) is 6.42 Å². The van der Waals surface area contributed by atoms with Gasteiger partial charge in [-0.3, -0.25) is 0 Å². The quantitative estimate of drug-likeness (QED) is 0.468. The smallest absolute Gasteiger partial charge is 0.319 e. The highest BCUT2D eigenvalue weighted by molar-refractivity contribution is 7.98. The maximum absolute atomic E-state index is 12.2. The molecule has 4 rings (SSSR count). The van der Waals surface area contributed by atoms with E-state index in [1.165, 1.54) is 27.6 Å². The monoisotopic (exact) mass is 467 g/mol. The van der Waals surface area contributed by atoms with Crippen molar-refractivity contribution in [3.8, 4) is 0 Å². The maximum atomic E-state index is 12.2. The molecule has 2 amide bonds. The topological polar surface area (TPSA) is 70.2 Å². The van der Waals surface area contributed by atoms with Crippen LogP contribution in [0, 0.1) is 12.8 Å². The van der Waals surface area contributed by atoms with Crippen LogP contribution in [0.5, 0.6) is 0 Å². The van der Waals surface area contributed by atoms with E-state index in [2.05, 4.69) is 51.1 Å². The second kappa shape index (κ2) is 10.8. The molecule has 1 aromatic heterocycles. The van der Waals surface area contributed by atoms with Crippen molar-refractivity contribution in [2.45, 2.75) is 31.1 Å². The lowest BCUT2D eigenvalue weighted by molar-refractivity contribution is 0.248. The Morgan fingerprint density at radius 2 is 1.84 bits per heavy atom. The number of urea groups is 1. The molecule has 8 heteroatoms. The van der Waals surface area contributed by atoms with Crippen molar-refractivity contribution in [3.63, 3.8) is 0 Å². The van der Waals surface area contributed by atoms with Gasteiger partial charge in [0.25, 0.3) is 0 Å². The maximum Gasteiger partial charge on any atom is 0.319 e. The van der Waals surface area contributed by atoms with Crippen LogP contribution in [0.2, 0.25) is 0 Å². The largest absolute Gasteiger partial charge is 0.347 e. The Kier molecular flexibility index (Phi) is 7.65. The summed E-state index contributed by atoms with van der Waals surface area (Å²) in [6, 6.07) is 16.3. The van der Waals surface area contributed by atoms with E-state index in [4.69, 9.17) is 4.98 Å². The fourth-order valence-corrected chi connectivity index (χ4v) is 4.89. The number of rotatable bonds is 7. The molecule has 2 N–H and O–H groups in total. The molecule has 2 heterocycles. The number of anilines is 2. The lowest BCUT2D eigenvalue weighted by Gasteiger charge is -2.31. The lowest BCUT2D eigenvalue weighted by atomic mass is 9.97. The number of thioether (sulfide) groups is 1. The van der Waals surface area contributed by atoms with Gasteiger partial charge < -0.3 is 15.5 Å². The van der Waals surface area contributed by atoms with Crippen molar-refractivity contribution in [3.05, 3.63) is 65.5 Å². The molecule has 0 bridgehead atoms. The number of nitrogens with zero attached hydrogens (tertiary/aromatic N) is 3. The number of hydrogen-bond donors (Lipinski definition) is 2. The number of nitrogens with one attached hydrogen (secondary N) is 2. The van der Waals surface area contributed by atoms with Crippen LogP contribution in [0.3, 0.4) is 0 Å². The summed E-state index contributed by atoms with van der Waals surface area (Å²) in [7, 11) is 0. The van der Waals surface area contributed by atoms with Gasteiger partial charge in [-0.2, -0.15) is 4.37 Å². The summed E-state index contributed by atoms with van der Waals surface area (Å²) in [5, 5.41) is 6.93. The SMILES string of the molecule is CSc1ccc(NC(=O)NCC2CCN(c3nc(Cc4ccc(C)cc4)ns3)CC2)cc1. The van der Waals surface area contributed by atoms with Gasteiger partial charge in [0, 0.05) is 48.2 Å². The van der Waals surface area contributed by atoms with Gasteiger partial charge in [-0.25, -0.2) is 9.78 Å². The molecule has 0 aliphatic carbocycles. The van der Waals surface area contributed by atoms with Crippen molar-refractivity contribution in [1.29, 1.82) is 0 Å². The first-order valence-corrected chi connectivity index (χ1v) is 12.9. The molecule has 6 nitrogen and oxygen atoms in total. The molecule has 32 heavy (non-hydrogen) atoms. The van der Waals surface area contributed by atoms with E-state index < -0.39 is 0 Å². The Labute approximate surface area is 198 Å². The van der Waals surface area contributed by atoms with E-state index in [1.54, 1.807) is 11.8 Å². The second-order valence-corrected chi connectivity index (χ2v) is 9.76. The van der Waals surface area contributed by atoms with Gasteiger partial charge in [-0.15, -0.1) is 11.8 Å². The average molecular weight is 468 g/mol. The first-order valence-electron chi connectivity index (χ1n) is 10.9. The Morgan fingerprint density at radius 3 is 2.53 bits per heavy atom. The third kappa shape index (κ3) is 6.23. The van der Waals surface area contributed by atoms with Crippen molar-refractivity contribution in [2.24, 2.45) is 5.92 Å². The van der Waals surface area contributed by atoms with Crippen molar-refractivity contribution in [1.82, 2.24) is 14.7 Å². The molecule has 1 saturated heterocycles. The molecule has 2 aromatic carbocycles. The zero-order valence-electron chi connectivity index (χ0n) is 18.5. The predicted molar refractivity (Wildman–Crippen MR) is 134 cm³/mol. The second-order valence-electron chi connectivity index (χ2n) is 8.15. The lowest BCUT2D eigenvalue weighted by Crippen LogP contribution is -2.39. The zero-order chi connectivity index (χ0) is 22.3. The molecule has 3 aromatic rings. The van der Waals surface area contributed by atoms with Gasteiger partial charge in [0.2, 0.25) is 5.13 Å². The normalized spacial score (nSPS) is 14.4. The Morgan fingerprint density at radius 1 is 1.12 bits per heavy atom. The number of aryl methyl sites for hydroxylation is 1. The van der Waals surface area contributed by atoms with Gasteiger partial charge in [0.15, 0.2) is 0 Å². The third-order valence-electron chi connectivity index (χ3n) is 5.72. The summed E-state index contributed by atoms with van der Waals surface area (Å²) in [5.41, 5.74) is 3.32. The van der Waals surface area contributed by atoms with Gasteiger partial charge >= 0.3 is 6.03 Å². The van der Waals surface area contributed by atoms with Gasteiger partial charge in [0.05, 0.1) is 0 Å². The fraction of sp³-hybridized carbons (Fsp3) is 0.375. The molecule has 0 saturated carbocycles. The van der Waals surface area contributed by atoms with Gasteiger partial charge in [0.1, 0.15) is 5.82 Å². The minimum atomic E-state index is -0.144. The minimum Gasteiger partial charge on any atom is -0.347 e. The summed E-state index contributed by atoms with van der Waals surface area (Å²) in [5.74, 6) is 1.37. The highest BCUT2D eigenvalue weighted by atomic mass is 32.2. The standard InChI is InChI=1S/C24H29N5OS2/c1-17-3-5-18(6-4-17)15-22-27-24(32-28-22)29-13-11-19(12-14-29)16-25-23(30)26-20-7-9-21(31-2)10-8-20/h3-10,19H,11-16H2,1-2H3,(H2,25,26,30). The van der Waals surface area contributed by atoms with E-state index in [1.807, 2.05) is 30.5 Å². The molecule has 0 radical (unpaired) electrons. The Hall–Kier alpha value is -2.58. The van der Waals surface area contributed by atoms with Crippen LogP contribution in [-0.4, -0.2) is 41.3 Å². The molecule has 0 atom stereocenters. The summed E-state index contributed by atoms with van der Waals surface area (Å²) in [4.78, 5) is 20.5. The molecule has 0 spiro atoms. The van der Waals surface area contributed by atoms with Crippen LogP contribution in [0.15, 0.2) is 53.4 Å². The molecule has 1 fully saturated rings. The highest BCUT2D eigenvalue weighted by Crippen LogP contribution is 2.25. The number of aromatic nitrogens is 2. The van der Waals surface area contributed by atoms with E-state index in [0.717, 1.165) is 49.0 Å². The fourth-order valence-electron chi connectivity index (χ4n) is 3.75. The average Bonchev–Trinajstić information content (AvgIpc) is 3.28. The first kappa shape index (κ1) is 22.6. The first-order chi connectivity index (χ1) is 15.6. The number of amides is 2. The summed E-state index contributed by atoms with van der Waals surface area (Å²) >= 11 is 3.17. The van der Waals surface area contributed by atoms with Crippen LogP contribution in [0.25, 0.3) is 0 Å². The van der Waals surface area contributed by atoms with Crippen LogP contribution >= 0.6 is 23.3 Å². The van der Waals surface area contributed by atoms with E-state index in [9.17, 15) is 4.79 Å². The highest BCUT2D eigenvalue weighted by Gasteiger charge is 2.22. The number of carbonyl (C=O) groups is 1. The van der Waals surface area contributed by atoms with E-state index in [0.29, 0.717) is 12.5 Å². The summed E-state index contributed by atoms with van der Waals surface area (Å²) in [6.07, 6.45) is 4.88. The van der Waals surface area contributed by atoms with Gasteiger partial charge in [-0.05, 0) is 61.8 Å². The Bertz CT molecular complexity index is 1010. The zero-order valence-corrected chi connectivity index (χ0v) is 20.1. The van der Waals surface area contributed by atoms with E-state index >= 15 is 0 Å². The minimum absolute atomic E-state index is 0.144. The molecule has 1 aliphatic heterocycles. The number of hydrogen-bond acceptors (Lipinski definition) is 6. The molecule has 1 aliphatic rings. The van der Waals surface area contributed by atoms with Crippen LogP contribution in [0.4, 0.5) is 15.6 Å². The number of carbonyl (C=O) groups excluding carboxylic acids is 1. The third-order valence-corrected chi connectivity index (χ3v) is 7.28. The molecule has 0 unspecified atom stereocenters. The number of benzene rings is 2. The van der Waals surface area contributed by atoms with Crippen LogP contribution in [0.1, 0.15) is 29.8 Å². The van der Waals surface area contributed by atoms with Crippen LogP contribution < -0.4 is 15.5 Å². The van der Waals surface area contributed by atoms with Crippen molar-refractivity contribution >= 4 is 40.1 Å². The van der Waals surface area contributed by atoms with Crippen molar-refractivity contribution in [2.75, 3.05) is 36.1 Å². The van der Waals surface area contributed by atoms with E-state index in [-0.39, 0.29) is 6.03 Å². The molecule has 168 valence electrons. The Balaban J connectivity index is 1.20. The number of piperidine rings is 1.